The molecule has 0 fully saturated rings. The molecule has 6 heavy (non-hydrogen) atoms. The van der Waals surface area contributed by atoms with E-state index in [1.807, 2.05) is 0 Å². The molecule has 37 valence electrons. The Morgan fingerprint density at radius 3 is 2.00 bits per heavy atom. The Kier molecular flexibility index (Phi) is 2.31. The van der Waals surface area contributed by atoms with Gasteiger partial charge in [-0.05, 0) is 6.92 Å². The van der Waals surface area contributed by atoms with Crippen molar-refractivity contribution in [1.82, 2.24) is 0 Å². The van der Waals surface area contributed by atoms with Crippen molar-refractivity contribution in [2.24, 2.45) is 0 Å². The average molecular weight is 109 g/mol. The molecule has 4 heteroatoms. The Hall–Kier alpha value is 0.0700. The monoisotopic (exact) mass is 109 g/mol. The molecule has 0 aromatic carbocycles. The first-order chi connectivity index (χ1) is 2.64. The minimum Gasteiger partial charge on any atom is -0.377 e. The molecule has 0 aromatic heterocycles. The van der Waals surface area contributed by atoms with E-state index in [4.69, 9.17) is 9.66 Å². The maximum absolute atomic E-state index is 9.50. The van der Waals surface area contributed by atoms with Crippen molar-refractivity contribution < 1.29 is 13.9 Å². The Bertz CT molecular complexity index is 59.8. The maximum Gasteiger partial charge on any atom is 0.182 e. The second-order valence-corrected chi connectivity index (χ2v) is 1.83. The van der Waals surface area contributed by atoms with E-state index in [1.165, 1.54) is 0 Å². The van der Waals surface area contributed by atoms with Crippen molar-refractivity contribution in [3.63, 3.8) is 0 Å². The highest BCUT2D eigenvalue weighted by Gasteiger charge is 1.98. The highest BCUT2D eigenvalue weighted by atomic mass is 32.2. The zero-order valence-electron chi connectivity index (χ0n) is 3.00. The molecule has 0 rings (SSSR count). The van der Waals surface area contributed by atoms with Crippen molar-refractivity contribution in [3.8, 4) is 0 Å². The Balaban J connectivity index is 3.26. The van der Waals surface area contributed by atoms with E-state index in [0.29, 0.717) is 0 Å². The van der Waals surface area contributed by atoms with Crippen LogP contribution in [0.1, 0.15) is 0 Å². The topological polar surface area (TPSA) is 57.5 Å². The smallest absolute Gasteiger partial charge is 0.182 e. The summed E-state index contributed by atoms with van der Waals surface area (Å²) in [5.74, 6) is 0. The van der Waals surface area contributed by atoms with Gasteiger partial charge in [0.1, 0.15) is 0 Å². The summed E-state index contributed by atoms with van der Waals surface area (Å²) in [5, 5.41) is 7.97. The summed E-state index contributed by atoms with van der Waals surface area (Å²) >= 11 is -2.17. The van der Waals surface area contributed by atoms with Crippen LogP contribution in [0.5, 0.6) is 0 Å². The summed E-state index contributed by atoms with van der Waals surface area (Å²) in [6.07, 6.45) is 0. The summed E-state index contributed by atoms with van der Waals surface area (Å²) in [4.78, 5) is 0. The summed E-state index contributed by atoms with van der Waals surface area (Å²) in [5.41, 5.74) is -1.37. The van der Waals surface area contributed by atoms with Gasteiger partial charge in [-0.1, -0.05) is 0 Å². The molecule has 0 bridgehead atoms. The third kappa shape index (κ3) is 2.32. The zero-order valence-corrected chi connectivity index (χ0v) is 3.81. The number of aliphatic hydroxyl groups excluding tert-OH is 1. The van der Waals surface area contributed by atoms with Crippen molar-refractivity contribution in [2.45, 2.75) is 5.44 Å². The quantitative estimate of drug-likeness (QED) is 0.440. The molecule has 0 saturated carbocycles. The minimum absolute atomic E-state index is 1.37. The van der Waals surface area contributed by atoms with Crippen LogP contribution in [0.4, 0.5) is 0 Å². The lowest BCUT2D eigenvalue weighted by molar-refractivity contribution is 0.288. The molecule has 2 N–H and O–H groups in total. The normalized spacial score (nSPS) is 19.8. The molecule has 1 radical (unpaired) electrons. The van der Waals surface area contributed by atoms with E-state index in [0.717, 1.165) is 0 Å². The lowest BCUT2D eigenvalue weighted by Gasteiger charge is -1.90. The van der Waals surface area contributed by atoms with Crippen LogP contribution in [0.3, 0.4) is 0 Å². The zero-order chi connectivity index (χ0) is 5.15. The summed E-state index contributed by atoms with van der Waals surface area (Å²) in [6, 6.07) is 0. The third-order valence-corrected chi connectivity index (χ3v) is 0.698. The van der Waals surface area contributed by atoms with Gasteiger partial charge in [-0.15, -0.1) is 0 Å². The average Bonchev–Trinajstić information content (AvgIpc) is 1.36. The van der Waals surface area contributed by atoms with Crippen molar-refractivity contribution in [2.75, 3.05) is 0 Å². The molecule has 0 aromatic rings. The predicted octanol–water partition coefficient (Wildman–Crippen LogP) is -0.639. The predicted molar refractivity (Wildman–Crippen MR) is 22.1 cm³/mol. The first kappa shape index (κ1) is 6.07. The fraction of sp³-hybridized carbons (Fsp3) is 0.500. The van der Waals surface area contributed by atoms with Crippen LogP contribution in [0.15, 0.2) is 0 Å². The molecule has 0 aliphatic carbocycles. The number of hydrogen-bond acceptors (Lipinski definition) is 2. The van der Waals surface area contributed by atoms with E-state index >= 15 is 0 Å². The van der Waals surface area contributed by atoms with Gasteiger partial charge in [-0.25, -0.2) is 4.21 Å². The molecule has 0 heterocycles. The Morgan fingerprint density at radius 2 is 2.00 bits per heavy atom. The van der Waals surface area contributed by atoms with Gasteiger partial charge in [0.05, 0.1) is 0 Å². The van der Waals surface area contributed by atoms with Crippen LogP contribution in [0.2, 0.25) is 0 Å². The van der Waals surface area contributed by atoms with Crippen LogP contribution >= 0.6 is 0 Å². The fourth-order valence-corrected chi connectivity index (χ4v) is 0. The number of rotatable bonds is 1. The van der Waals surface area contributed by atoms with Crippen LogP contribution in [-0.2, 0) is 11.1 Å². The number of hydrogen-bond donors (Lipinski definition) is 2. The van der Waals surface area contributed by atoms with Crippen LogP contribution in [0.25, 0.3) is 0 Å². The SMILES string of the molecule is [CH2]C(O)S(=O)O. The van der Waals surface area contributed by atoms with Gasteiger partial charge < -0.3 is 9.66 Å². The van der Waals surface area contributed by atoms with Gasteiger partial charge >= 0.3 is 0 Å². The van der Waals surface area contributed by atoms with Crippen LogP contribution < -0.4 is 0 Å². The highest BCUT2D eigenvalue weighted by Crippen LogP contribution is 1.79. The van der Waals surface area contributed by atoms with Gasteiger partial charge in [-0.3, -0.25) is 0 Å². The molecule has 0 aliphatic heterocycles. The van der Waals surface area contributed by atoms with E-state index < -0.39 is 16.5 Å². The number of aliphatic hydroxyl groups is 1. The maximum atomic E-state index is 9.50. The summed E-state index contributed by atoms with van der Waals surface area (Å²) in [7, 11) is 0. The second kappa shape index (κ2) is 2.28. The lowest BCUT2D eigenvalue weighted by Crippen LogP contribution is -2.06. The van der Waals surface area contributed by atoms with E-state index in [2.05, 4.69) is 6.92 Å². The lowest BCUT2D eigenvalue weighted by atomic mass is 10.9. The molecule has 3 nitrogen and oxygen atoms in total. The van der Waals surface area contributed by atoms with E-state index in [-0.39, 0.29) is 0 Å². The fourth-order valence-electron chi connectivity index (χ4n) is 0. The first-order valence-corrected chi connectivity index (χ1v) is 2.42. The van der Waals surface area contributed by atoms with Crippen molar-refractivity contribution in [1.29, 1.82) is 0 Å². The van der Waals surface area contributed by atoms with Gasteiger partial charge in [0.25, 0.3) is 0 Å². The minimum atomic E-state index is -2.17. The van der Waals surface area contributed by atoms with Crippen LogP contribution in [0, 0.1) is 6.92 Å². The van der Waals surface area contributed by atoms with Crippen molar-refractivity contribution >= 4 is 11.1 Å². The molecule has 0 amide bonds. The third-order valence-electron chi connectivity index (χ3n) is 0.233. The molecule has 2 atom stereocenters. The largest absolute Gasteiger partial charge is 0.377 e. The molecular weight excluding hydrogens is 104 g/mol. The molecule has 0 spiro atoms. The van der Waals surface area contributed by atoms with Gasteiger partial charge in [0.15, 0.2) is 16.5 Å². The summed E-state index contributed by atoms with van der Waals surface area (Å²) < 4.78 is 17.3. The Morgan fingerprint density at radius 1 is 1.83 bits per heavy atom. The van der Waals surface area contributed by atoms with Gasteiger partial charge in [-0.2, -0.15) is 0 Å². The standard InChI is InChI=1S/C2H5O3S/c1-2(3)6(4)5/h2-3H,1H2,(H,4,5). The van der Waals surface area contributed by atoms with Crippen LogP contribution in [-0.4, -0.2) is 19.3 Å². The Labute approximate surface area is 38.3 Å². The van der Waals surface area contributed by atoms with E-state index in [1.54, 1.807) is 0 Å². The molecular formula is C2H5O3S. The van der Waals surface area contributed by atoms with Gasteiger partial charge in [0.2, 0.25) is 0 Å². The summed E-state index contributed by atoms with van der Waals surface area (Å²) in [6.45, 7) is 2.84. The first-order valence-electron chi connectivity index (χ1n) is 1.25. The van der Waals surface area contributed by atoms with Gasteiger partial charge in [0, 0.05) is 0 Å². The van der Waals surface area contributed by atoms with Crippen molar-refractivity contribution in [3.05, 3.63) is 6.92 Å². The van der Waals surface area contributed by atoms with E-state index in [9.17, 15) is 4.21 Å². The second-order valence-electron chi connectivity index (χ2n) is 0.731. The molecule has 2 unspecified atom stereocenters. The molecule has 0 aliphatic rings. The molecule has 0 saturated heterocycles. The highest BCUT2D eigenvalue weighted by molar-refractivity contribution is 7.79.